The van der Waals surface area contributed by atoms with Crippen LogP contribution in [0.1, 0.15) is 63.9 Å². The van der Waals surface area contributed by atoms with Gasteiger partial charge in [0.25, 0.3) is 11.8 Å². The summed E-state index contributed by atoms with van der Waals surface area (Å²) in [5.74, 6) is -0.758. The second kappa shape index (κ2) is 12.8. The standard InChI is InChI=1S/C34H34N6O4/c1-34(2,3)44-33(43)36-16-15-23-7-9-24(10-8-23)19-25-11-13-28(14-12-25)39-17-18-40-30(32(39)42)29(22-37-40)31(41)38-27-6-4-5-26(20-27)21-35/h4-14,20,22H,15-19H2,1-3H3,(H,36,43)(H,38,41). The highest BCUT2D eigenvalue weighted by Gasteiger charge is 2.32. The number of alkyl carbamates (subject to hydrolysis) is 1. The Kier molecular flexibility index (Phi) is 8.76. The molecule has 5 rings (SSSR count). The summed E-state index contributed by atoms with van der Waals surface area (Å²) in [6, 6.07) is 24.8. The molecule has 0 atom stereocenters. The summed E-state index contributed by atoms with van der Waals surface area (Å²) in [5.41, 5.74) is 4.89. The summed E-state index contributed by atoms with van der Waals surface area (Å²) in [4.78, 5) is 40.1. The van der Waals surface area contributed by atoms with E-state index in [0.717, 1.165) is 28.8 Å². The van der Waals surface area contributed by atoms with Crippen molar-refractivity contribution >= 4 is 29.3 Å². The van der Waals surface area contributed by atoms with E-state index in [1.54, 1.807) is 33.8 Å². The first-order chi connectivity index (χ1) is 21.1. The predicted molar refractivity (Wildman–Crippen MR) is 167 cm³/mol. The van der Waals surface area contributed by atoms with Crippen LogP contribution in [0.4, 0.5) is 16.2 Å². The molecule has 10 heteroatoms. The molecule has 0 fully saturated rings. The first-order valence-corrected chi connectivity index (χ1v) is 14.4. The van der Waals surface area contributed by atoms with Gasteiger partial charge in [0.1, 0.15) is 11.3 Å². The van der Waals surface area contributed by atoms with Crippen molar-refractivity contribution < 1.29 is 19.1 Å². The van der Waals surface area contributed by atoms with Crippen LogP contribution in [0.3, 0.4) is 0 Å². The second-order valence-electron chi connectivity index (χ2n) is 11.6. The van der Waals surface area contributed by atoms with Crippen LogP contribution >= 0.6 is 0 Å². The number of nitriles is 1. The molecule has 0 aliphatic carbocycles. The van der Waals surface area contributed by atoms with Gasteiger partial charge in [-0.15, -0.1) is 0 Å². The molecule has 2 heterocycles. The number of anilines is 2. The summed E-state index contributed by atoms with van der Waals surface area (Å²) in [6.45, 7) is 6.89. The van der Waals surface area contributed by atoms with Gasteiger partial charge in [-0.2, -0.15) is 10.4 Å². The average molecular weight is 591 g/mol. The molecular weight excluding hydrogens is 556 g/mol. The third-order valence-electron chi connectivity index (χ3n) is 7.08. The Morgan fingerprint density at radius 1 is 0.977 bits per heavy atom. The molecule has 4 aromatic rings. The zero-order valence-electron chi connectivity index (χ0n) is 25.0. The normalized spacial score (nSPS) is 12.7. The van der Waals surface area contributed by atoms with E-state index < -0.39 is 17.6 Å². The lowest BCUT2D eigenvalue weighted by Gasteiger charge is -2.28. The summed E-state index contributed by atoms with van der Waals surface area (Å²) >= 11 is 0. The molecule has 0 radical (unpaired) electrons. The summed E-state index contributed by atoms with van der Waals surface area (Å²) in [5, 5.41) is 18.9. The number of fused-ring (bicyclic) bond motifs is 1. The van der Waals surface area contributed by atoms with Gasteiger partial charge in [0.15, 0.2) is 0 Å². The predicted octanol–water partition coefficient (Wildman–Crippen LogP) is 5.33. The SMILES string of the molecule is CC(C)(C)OC(=O)NCCc1ccc(Cc2ccc(N3CCn4ncc(C(=O)Nc5cccc(C#N)c5)c4C3=O)cc2)cc1. The third-order valence-corrected chi connectivity index (χ3v) is 7.08. The zero-order chi connectivity index (χ0) is 31.3. The van der Waals surface area contributed by atoms with Crippen molar-refractivity contribution in [2.75, 3.05) is 23.3 Å². The Labute approximate surface area is 256 Å². The molecule has 10 nitrogen and oxygen atoms in total. The maximum absolute atomic E-state index is 13.5. The van der Waals surface area contributed by atoms with Gasteiger partial charge in [0.2, 0.25) is 0 Å². The van der Waals surface area contributed by atoms with Crippen molar-refractivity contribution in [2.45, 2.75) is 45.8 Å². The van der Waals surface area contributed by atoms with Crippen molar-refractivity contribution in [3.63, 3.8) is 0 Å². The molecule has 1 aliphatic heterocycles. The number of benzene rings is 3. The maximum Gasteiger partial charge on any atom is 0.407 e. The molecule has 3 aromatic carbocycles. The van der Waals surface area contributed by atoms with Crippen molar-refractivity contribution in [2.24, 2.45) is 0 Å². The molecule has 224 valence electrons. The van der Waals surface area contributed by atoms with Crippen LogP contribution in [0.25, 0.3) is 0 Å². The number of aromatic nitrogens is 2. The Morgan fingerprint density at radius 3 is 2.34 bits per heavy atom. The van der Waals surface area contributed by atoms with E-state index in [9.17, 15) is 14.4 Å². The summed E-state index contributed by atoms with van der Waals surface area (Å²) in [7, 11) is 0. The fourth-order valence-electron chi connectivity index (χ4n) is 4.96. The molecule has 0 spiro atoms. The van der Waals surface area contributed by atoms with Crippen LogP contribution in [-0.4, -0.2) is 46.4 Å². The molecule has 44 heavy (non-hydrogen) atoms. The minimum atomic E-state index is -0.521. The number of hydrogen-bond acceptors (Lipinski definition) is 6. The molecule has 3 amide bonds. The molecule has 2 N–H and O–H groups in total. The number of nitrogens with one attached hydrogen (secondary N) is 2. The highest BCUT2D eigenvalue weighted by molar-refractivity contribution is 6.15. The molecule has 0 saturated heterocycles. The van der Waals surface area contributed by atoms with E-state index in [-0.39, 0.29) is 17.2 Å². The van der Waals surface area contributed by atoms with Crippen LogP contribution in [0.2, 0.25) is 0 Å². The highest BCUT2D eigenvalue weighted by Crippen LogP contribution is 2.25. The second-order valence-corrected chi connectivity index (χ2v) is 11.6. The van der Waals surface area contributed by atoms with Gasteiger partial charge < -0.3 is 20.3 Å². The Hall–Kier alpha value is -5.43. The van der Waals surface area contributed by atoms with Crippen LogP contribution in [0.15, 0.2) is 79.0 Å². The molecule has 0 unspecified atom stereocenters. The van der Waals surface area contributed by atoms with Crippen molar-refractivity contribution in [3.8, 4) is 6.07 Å². The fraction of sp³-hybridized carbons (Fsp3) is 0.265. The number of carbonyl (C=O) groups excluding carboxylic acids is 3. The minimum absolute atomic E-state index is 0.183. The Bertz CT molecular complexity index is 1710. The number of amides is 3. The van der Waals surface area contributed by atoms with E-state index in [1.165, 1.54) is 6.20 Å². The van der Waals surface area contributed by atoms with Gasteiger partial charge in [-0.05, 0) is 80.6 Å². The number of rotatable bonds is 8. The van der Waals surface area contributed by atoms with Crippen LogP contribution in [0, 0.1) is 11.3 Å². The first kappa shape index (κ1) is 30.0. The molecule has 0 bridgehead atoms. The smallest absolute Gasteiger partial charge is 0.407 e. The lowest BCUT2D eigenvalue weighted by atomic mass is 10.0. The van der Waals surface area contributed by atoms with Gasteiger partial charge in [0, 0.05) is 24.5 Å². The van der Waals surface area contributed by atoms with E-state index >= 15 is 0 Å². The molecular formula is C34H34N6O4. The molecule has 1 aliphatic rings. The zero-order valence-corrected chi connectivity index (χ0v) is 25.0. The lowest BCUT2D eigenvalue weighted by molar-refractivity contribution is 0.0528. The maximum atomic E-state index is 13.5. The number of hydrogen-bond donors (Lipinski definition) is 2. The quantitative estimate of drug-likeness (QED) is 0.286. The Balaban J connectivity index is 1.19. The third kappa shape index (κ3) is 7.31. The monoisotopic (exact) mass is 590 g/mol. The van der Waals surface area contributed by atoms with E-state index in [4.69, 9.17) is 10.00 Å². The van der Waals surface area contributed by atoms with Gasteiger partial charge in [-0.3, -0.25) is 14.3 Å². The number of carbonyl (C=O) groups is 3. The van der Waals surface area contributed by atoms with Crippen molar-refractivity contribution in [3.05, 3.63) is 113 Å². The van der Waals surface area contributed by atoms with Crippen LogP contribution in [-0.2, 0) is 24.1 Å². The number of ether oxygens (including phenoxy) is 1. The van der Waals surface area contributed by atoms with Crippen LogP contribution in [0.5, 0.6) is 0 Å². The summed E-state index contributed by atoms with van der Waals surface area (Å²) < 4.78 is 6.83. The van der Waals surface area contributed by atoms with Gasteiger partial charge in [-0.1, -0.05) is 42.5 Å². The molecule has 1 aromatic heterocycles. The van der Waals surface area contributed by atoms with Gasteiger partial charge in [-0.25, -0.2) is 4.79 Å². The van der Waals surface area contributed by atoms with Crippen LogP contribution < -0.4 is 15.5 Å². The highest BCUT2D eigenvalue weighted by atomic mass is 16.6. The Morgan fingerprint density at radius 2 is 1.66 bits per heavy atom. The van der Waals surface area contributed by atoms with E-state index in [2.05, 4.69) is 40.0 Å². The van der Waals surface area contributed by atoms with Crippen molar-refractivity contribution in [1.29, 1.82) is 5.26 Å². The van der Waals surface area contributed by atoms with E-state index in [1.807, 2.05) is 51.1 Å². The van der Waals surface area contributed by atoms with Gasteiger partial charge in [0.05, 0.1) is 29.9 Å². The fourth-order valence-corrected chi connectivity index (χ4v) is 4.96. The average Bonchev–Trinajstić information content (AvgIpc) is 3.43. The lowest BCUT2D eigenvalue weighted by Crippen LogP contribution is -2.41. The van der Waals surface area contributed by atoms with Crippen molar-refractivity contribution in [1.82, 2.24) is 15.1 Å². The number of nitrogens with zero attached hydrogens (tertiary/aromatic N) is 4. The largest absolute Gasteiger partial charge is 0.444 e. The van der Waals surface area contributed by atoms with Gasteiger partial charge >= 0.3 is 6.09 Å². The summed E-state index contributed by atoms with van der Waals surface area (Å²) in [6.07, 6.45) is 2.43. The first-order valence-electron chi connectivity index (χ1n) is 14.4. The topological polar surface area (TPSA) is 129 Å². The van der Waals surface area contributed by atoms with E-state index in [0.29, 0.717) is 37.3 Å². The minimum Gasteiger partial charge on any atom is -0.444 e. The molecule has 0 saturated carbocycles.